The minimum Gasteiger partial charge on any atom is -0.370 e. The van der Waals surface area contributed by atoms with Crippen LogP contribution in [0.3, 0.4) is 0 Å². The molecule has 0 radical (unpaired) electrons. The van der Waals surface area contributed by atoms with Crippen LogP contribution < -0.4 is 10.5 Å². The molecule has 0 bridgehead atoms. The summed E-state index contributed by atoms with van der Waals surface area (Å²) in [5.74, 6) is 1.99. The van der Waals surface area contributed by atoms with E-state index in [4.69, 9.17) is 11.6 Å². The van der Waals surface area contributed by atoms with E-state index in [1.165, 1.54) is 12.8 Å². The second kappa shape index (κ2) is 7.83. The molecular weight excluding hydrogens is 286 g/mol. The minimum absolute atomic E-state index is 0.00388. The van der Waals surface area contributed by atoms with Crippen LogP contribution in [0.5, 0.6) is 0 Å². The van der Waals surface area contributed by atoms with Gasteiger partial charge in [0.1, 0.15) is 0 Å². The second-order valence-electron chi connectivity index (χ2n) is 6.32. The van der Waals surface area contributed by atoms with Crippen molar-refractivity contribution in [3.05, 3.63) is 22.6 Å². The zero-order valence-corrected chi connectivity index (χ0v) is 13.9. The molecule has 1 atom stereocenters. The van der Waals surface area contributed by atoms with E-state index in [0.29, 0.717) is 18.3 Å². The molecule has 0 N–H and O–H groups in total. The predicted octanol–water partition coefficient (Wildman–Crippen LogP) is 3.13. The van der Waals surface area contributed by atoms with E-state index in [2.05, 4.69) is 23.8 Å². The first kappa shape index (κ1) is 16.3. The monoisotopic (exact) mass is 311 g/mol. The summed E-state index contributed by atoms with van der Waals surface area (Å²) < 4.78 is 1.57. The van der Waals surface area contributed by atoms with Crippen LogP contribution in [0.25, 0.3) is 0 Å². The lowest BCUT2D eigenvalue weighted by molar-refractivity contribution is 0.431. The van der Waals surface area contributed by atoms with Crippen molar-refractivity contribution in [1.82, 2.24) is 9.78 Å². The van der Waals surface area contributed by atoms with Gasteiger partial charge in [-0.05, 0) is 37.5 Å². The van der Waals surface area contributed by atoms with E-state index >= 15 is 0 Å². The highest BCUT2D eigenvalue weighted by atomic mass is 35.5. The molecule has 0 spiro atoms. The first-order chi connectivity index (χ1) is 10.1. The molecule has 1 aliphatic rings. The van der Waals surface area contributed by atoms with Crippen LogP contribution in [0.2, 0.25) is 0 Å². The van der Waals surface area contributed by atoms with Gasteiger partial charge in [0.2, 0.25) is 0 Å². The number of rotatable bonds is 6. The maximum absolute atomic E-state index is 12.2. The van der Waals surface area contributed by atoms with Crippen molar-refractivity contribution in [2.24, 2.45) is 11.8 Å². The van der Waals surface area contributed by atoms with E-state index in [9.17, 15) is 4.79 Å². The smallest absolute Gasteiger partial charge is 0.268 e. The Morgan fingerprint density at radius 2 is 2.10 bits per heavy atom. The van der Waals surface area contributed by atoms with Gasteiger partial charge in [0, 0.05) is 31.6 Å². The summed E-state index contributed by atoms with van der Waals surface area (Å²) >= 11 is 5.74. The van der Waals surface area contributed by atoms with Crippen molar-refractivity contribution >= 4 is 17.3 Å². The van der Waals surface area contributed by atoms with Gasteiger partial charge in [-0.3, -0.25) is 4.79 Å². The van der Waals surface area contributed by atoms with Gasteiger partial charge in [-0.1, -0.05) is 13.8 Å². The summed E-state index contributed by atoms with van der Waals surface area (Å²) in [5.41, 5.74) is 0.973. The van der Waals surface area contributed by atoms with Crippen molar-refractivity contribution < 1.29 is 0 Å². The normalized spacial score (nSPS) is 18.0. The number of aromatic nitrogens is 2. The topological polar surface area (TPSA) is 38.1 Å². The van der Waals surface area contributed by atoms with Gasteiger partial charge in [-0.15, -0.1) is 11.6 Å². The lowest BCUT2D eigenvalue weighted by atomic mass is 9.99. The van der Waals surface area contributed by atoms with Crippen LogP contribution in [-0.4, -0.2) is 28.8 Å². The number of halogens is 1. The number of hydrogen-bond donors (Lipinski definition) is 0. The zero-order chi connectivity index (χ0) is 15.2. The van der Waals surface area contributed by atoms with Crippen molar-refractivity contribution in [3.8, 4) is 0 Å². The predicted molar refractivity (Wildman–Crippen MR) is 88.2 cm³/mol. The van der Waals surface area contributed by atoms with E-state index < -0.39 is 0 Å². The molecule has 0 aliphatic carbocycles. The average Bonchev–Trinajstić information content (AvgIpc) is 2.47. The van der Waals surface area contributed by atoms with Gasteiger partial charge in [-0.25, -0.2) is 4.68 Å². The molecule has 0 amide bonds. The highest BCUT2D eigenvalue weighted by molar-refractivity contribution is 6.17. The van der Waals surface area contributed by atoms with E-state index in [1.54, 1.807) is 10.7 Å². The molecule has 2 rings (SSSR count). The van der Waals surface area contributed by atoms with Gasteiger partial charge >= 0.3 is 0 Å². The van der Waals surface area contributed by atoms with Crippen molar-refractivity contribution in [2.75, 3.05) is 23.9 Å². The van der Waals surface area contributed by atoms with Crippen LogP contribution in [-0.2, 0) is 6.54 Å². The van der Waals surface area contributed by atoms with E-state index in [1.807, 2.05) is 6.20 Å². The van der Waals surface area contributed by atoms with Crippen LogP contribution >= 0.6 is 11.6 Å². The average molecular weight is 312 g/mol. The number of aryl methyl sites for hydroxylation is 1. The number of hydrogen-bond acceptors (Lipinski definition) is 3. The molecule has 1 unspecified atom stereocenters. The molecule has 0 aromatic carbocycles. The number of anilines is 1. The Morgan fingerprint density at radius 3 is 2.71 bits per heavy atom. The molecule has 5 heteroatoms. The number of nitrogens with zero attached hydrogens (tertiary/aromatic N) is 3. The molecule has 1 aliphatic heterocycles. The highest BCUT2D eigenvalue weighted by Gasteiger charge is 2.17. The summed E-state index contributed by atoms with van der Waals surface area (Å²) in [6.45, 7) is 7.18. The molecule has 2 heterocycles. The number of alkyl halides is 1. The Kier molecular flexibility index (Phi) is 6.09. The fourth-order valence-electron chi connectivity index (χ4n) is 2.70. The third-order valence-electron chi connectivity index (χ3n) is 4.44. The van der Waals surface area contributed by atoms with Crippen LogP contribution in [0, 0.1) is 11.8 Å². The first-order valence-electron chi connectivity index (χ1n) is 7.98. The third kappa shape index (κ3) is 4.73. The Hall–Kier alpha value is -1.03. The van der Waals surface area contributed by atoms with Gasteiger partial charge in [0.05, 0.1) is 11.9 Å². The lowest BCUT2D eigenvalue weighted by Gasteiger charge is -2.31. The Bertz CT molecular complexity index is 495. The summed E-state index contributed by atoms with van der Waals surface area (Å²) in [6.07, 6.45) is 6.15. The Morgan fingerprint density at radius 1 is 1.38 bits per heavy atom. The summed E-state index contributed by atoms with van der Waals surface area (Å²) in [7, 11) is 0. The molecular formula is C16H26ClN3O. The molecule has 0 saturated carbocycles. The van der Waals surface area contributed by atoms with Gasteiger partial charge in [-0.2, -0.15) is 5.10 Å². The molecule has 1 fully saturated rings. The van der Waals surface area contributed by atoms with Crippen LogP contribution in [0.1, 0.15) is 39.5 Å². The summed E-state index contributed by atoms with van der Waals surface area (Å²) in [4.78, 5) is 14.4. The lowest BCUT2D eigenvalue weighted by Crippen LogP contribution is -2.34. The quantitative estimate of drug-likeness (QED) is 0.758. The molecule has 4 nitrogen and oxygen atoms in total. The van der Waals surface area contributed by atoms with Gasteiger partial charge in [0.15, 0.2) is 0 Å². The largest absolute Gasteiger partial charge is 0.370 e. The Labute approximate surface area is 132 Å². The SMILES string of the molecule is CC1CCN(c2cnn(CCC(C)CCCl)c(=O)c2)CC1. The van der Waals surface area contributed by atoms with Gasteiger partial charge in [0.25, 0.3) is 5.56 Å². The van der Waals surface area contributed by atoms with E-state index in [0.717, 1.165) is 37.5 Å². The zero-order valence-electron chi connectivity index (χ0n) is 13.1. The summed E-state index contributed by atoms with van der Waals surface area (Å²) in [5, 5.41) is 4.33. The van der Waals surface area contributed by atoms with Crippen LogP contribution in [0.15, 0.2) is 17.1 Å². The fourth-order valence-corrected chi connectivity index (χ4v) is 3.08. The molecule has 21 heavy (non-hydrogen) atoms. The maximum Gasteiger partial charge on any atom is 0.268 e. The molecule has 1 aromatic rings. The van der Waals surface area contributed by atoms with Crippen LogP contribution in [0.4, 0.5) is 5.69 Å². The van der Waals surface area contributed by atoms with Crippen molar-refractivity contribution in [1.29, 1.82) is 0 Å². The molecule has 1 saturated heterocycles. The van der Waals surface area contributed by atoms with E-state index in [-0.39, 0.29) is 5.56 Å². The minimum atomic E-state index is 0.00388. The molecule has 118 valence electrons. The molecule has 1 aromatic heterocycles. The van der Waals surface area contributed by atoms with Gasteiger partial charge < -0.3 is 4.90 Å². The standard InChI is InChI=1S/C16H26ClN3O/c1-13(3-7-17)6-10-20-16(21)11-15(12-18-20)19-8-4-14(2)5-9-19/h11-14H,3-10H2,1-2H3. The van der Waals surface area contributed by atoms with Crippen molar-refractivity contribution in [2.45, 2.75) is 46.1 Å². The Balaban J connectivity index is 1.96. The fraction of sp³-hybridized carbons (Fsp3) is 0.750. The third-order valence-corrected chi connectivity index (χ3v) is 4.66. The maximum atomic E-state index is 12.2. The summed E-state index contributed by atoms with van der Waals surface area (Å²) in [6, 6.07) is 1.73. The first-order valence-corrected chi connectivity index (χ1v) is 8.51. The second-order valence-corrected chi connectivity index (χ2v) is 6.69. The number of piperidine rings is 1. The van der Waals surface area contributed by atoms with Crippen molar-refractivity contribution in [3.63, 3.8) is 0 Å². The highest BCUT2D eigenvalue weighted by Crippen LogP contribution is 2.21.